The average Bonchev–Trinajstić information content (AvgIpc) is 2.70. The molecule has 0 aromatic carbocycles. The Balaban J connectivity index is 2.14. The minimum absolute atomic E-state index is 0.444. The second kappa shape index (κ2) is 7.86. The lowest BCUT2D eigenvalue weighted by atomic mass is 10.0. The van der Waals surface area contributed by atoms with Crippen LogP contribution in [0, 0.1) is 0 Å². The van der Waals surface area contributed by atoms with Crippen LogP contribution in [0.2, 0.25) is 0 Å². The Kier molecular flexibility index (Phi) is 6.74. The molecule has 0 aliphatic carbocycles. The summed E-state index contributed by atoms with van der Waals surface area (Å²) in [5.74, 6) is 0. The van der Waals surface area contributed by atoms with Crippen LogP contribution in [-0.2, 0) is 4.74 Å². The Morgan fingerprint density at radius 2 is 2.19 bits per heavy atom. The number of hydrogen-bond acceptors (Lipinski definition) is 2. The molecule has 2 heteroatoms. The summed E-state index contributed by atoms with van der Waals surface area (Å²) in [6.45, 7) is 5.93. The fourth-order valence-corrected chi connectivity index (χ4v) is 2.48. The summed E-state index contributed by atoms with van der Waals surface area (Å²) in [5.41, 5.74) is 0. The van der Waals surface area contributed by atoms with Crippen LogP contribution in [0.4, 0.5) is 0 Å². The van der Waals surface area contributed by atoms with Crippen LogP contribution in [0.25, 0.3) is 0 Å². The van der Waals surface area contributed by atoms with Gasteiger partial charge in [0.05, 0.1) is 12.2 Å². The SMILES string of the molecule is C=CCCCCCC(NC)C1CCC(C)O1. The largest absolute Gasteiger partial charge is 0.374 e. The summed E-state index contributed by atoms with van der Waals surface area (Å²) in [6, 6.07) is 0.550. The molecule has 0 saturated carbocycles. The molecule has 1 rings (SSSR count). The van der Waals surface area contributed by atoms with E-state index in [4.69, 9.17) is 4.74 Å². The van der Waals surface area contributed by atoms with E-state index in [9.17, 15) is 0 Å². The molecule has 0 amide bonds. The minimum Gasteiger partial charge on any atom is -0.374 e. The third-order valence-corrected chi connectivity index (χ3v) is 3.51. The van der Waals surface area contributed by atoms with E-state index in [1.165, 1.54) is 38.5 Å². The van der Waals surface area contributed by atoms with Crippen molar-refractivity contribution in [1.29, 1.82) is 0 Å². The molecule has 0 spiro atoms. The van der Waals surface area contributed by atoms with Gasteiger partial charge in [-0.15, -0.1) is 6.58 Å². The van der Waals surface area contributed by atoms with Gasteiger partial charge in [0.2, 0.25) is 0 Å². The van der Waals surface area contributed by atoms with Crippen molar-refractivity contribution < 1.29 is 4.74 Å². The maximum Gasteiger partial charge on any atom is 0.0732 e. The van der Waals surface area contributed by atoms with Gasteiger partial charge in [-0.1, -0.05) is 18.9 Å². The molecule has 2 nitrogen and oxygen atoms in total. The van der Waals surface area contributed by atoms with Gasteiger partial charge in [-0.05, 0) is 46.1 Å². The van der Waals surface area contributed by atoms with Crippen LogP contribution in [0.3, 0.4) is 0 Å². The number of likely N-dealkylation sites (N-methyl/N-ethyl adjacent to an activating group) is 1. The lowest BCUT2D eigenvalue weighted by molar-refractivity contribution is 0.0312. The standard InChI is InChI=1S/C14H27NO/c1-4-5-6-7-8-9-13(15-3)14-11-10-12(2)16-14/h4,12-15H,1,5-11H2,2-3H3. The Labute approximate surface area is 100 Å². The molecule has 1 saturated heterocycles. The van der Waals surface area contributed by atoms with Crippen molar-refractivity contribution >= 4 is 0 Å². The van der Waals surface area contributed by atoms with Gasteiger partial charge in [-0.2, -0.15) is 0 Å². The van der Waals surface area contributed by atoms with Crippen LogP contribution in [-0.4, -0.2) is 25.3 Å². The van der Waals surface area contributed by atoms with Gasteiger partial charge in [0.15, 0.2) is 0 Å². The molecule has 16 heavy (non-hydrogen) atoms. The van der Waals surface area contributed by atoms with E-state index in [-0.39, 0.29) is 0 Å². The Hall–Kier alpha value is -0.340. The van der Waals surface area contributed by atoms with Crippen LogP contribution in [0.5, 0.6) is 0 Å². The second-order valence-electron chi connectivity index (χ2n) is 4.88. The van der Waals surface area contributed by atoms with E-state index >= 15 is 0 Å². The zero-order valence-electron chi connectivity index (χ0n) is 10.9. The van der Waals surface area contributed by atoms with Crippen molar-refractivity contribution in [2.24, 2.45) is 0 Å². The third kappa shape index (κ3) is 4.67. The van der Waals surface area contributed by atoms with Gasteiger partial charge in [-0.25, -0.2) is 0 Å². The summed E-state index contributed by atoms with van der Waals surface area (Å²) < 4.78 is 5.91. The van der Waals surface area contributed by atoms with Crippen molar-refractivity contribution in [2.45, 2.75) is 70.1 Å². The Bertz CT molecular complexity index is 193. The number of allylic oxidation sites excluding steroid dienone is 1. The zero-order chi connectivity index (χ0) is 11.8. The highest BCUT2D eigenvalue weighted by atomic mass is 16.5. The van der Waals surface area contributed by atoms with Gasteiger partial charge >= 0.3 is 0 Å². The lowest BCUT2D eigenvalue weighted by Gasteiger charge is -2.23. The zero-order valence-corrected chi connectivity index (χ0v) is 10.9. The van der Waals surface area contributed by atoms with E-state index in [1.807, 2.05) is 6.08 Å². The van der Waals surface area contributed by atoms with E-state index in [1.54, 1.807) is 0 Å². The number of nitrogens with one attached hydrogen (secondary N) is 1. The maximum absolute atomic E-state index is 5.91. The quantitative estimate of drug-likeness (QED) is 0.505. The fraction of sp³-hybridized carbons (Fsp3) is 0.857. The highest BCUT2D eigenvalue weighted by Crippen LogP contribution is 2.24. The molecular weight excluding hydrogens is 198 g/mol. The molecule has 1 N–H and O–H groups in total. The van der Waals surface area contributed by atoms with Gasteiger partial charge < -0.3 is 10.1 Å². The predicted molar refractivity (Wildman–Crippen MR) is 69.7 cm³/mol. The molecular formula is C14H27NO. The van der Waals surface area contributed by atoms with Crippen molar-refractivity contribution in [3.05, 3.63) is 12.7 Å². The van der Waals surface area contributed by atoms with Gasteiger partial charge in [0.25, 0.3) is 0 Å². The number of unbranched alkanes of at least 4 members (excludes halogenated alkanes) is 3. The number of hydrogen-bond donors (Lipinski definition) is 1. The van der Waals surface area contributed by atoms with Crippen LogP contribution in [0.1, 0.15) is 51.9 Å². The monoisotopic (exact) mass is 225 g/mol. The summed E-state index contributed by atoms with van der Waals surface area (Å²) in [6.07, 6.45) is 11.6. The topological polar surface area (TPSA) is 21.3 Å². The van der Waals surface area contributed by atoms with E-state index < -0.39 is 0 Å². The average molecular weight is 225 g/mol. The van der Waals surface area contributed by atoms with Gasteiger partial charge in [0.1, 0.15) is 0 Å². The van der Waals surface area contributed by atoms with Crippen LogP contribution < -0.4 is 5.32 Å². The summed E-state index contributed by atoms with van der Waals surface area (Å²) in [4.78, 5) is 0. The van der Waals surface area contributed by atoms with E-state index in [0.29, 0.717) is 18.2 Å². The molecule has 0 aromatic heterocycles. The first kappa shape index (κ1) is 13.7. The maximum atomic E-state index is 5.91. The molecule has 3 unspecified atom stereocenters. The van der Waals surface area contributed by atoms with Crippen LogP contribution >= 0.6 is 0 Å². The van der Waals surface area contributed by atoms with Crippen molar-refractivity contribution in [3.63, 3.8) is 0 Å². The molecule has 3 atom stereocenters. The summed E-state index contributed by atoms with van der Waals surface area (Å²) >= 11 is 0. The molecule has 0 radical (unpaired) electrons. The predicted octanol–water partition coefficient (Wildman–Crippen LogP) is 3.28. The van der Waals surface area contributed by atoms with Crippen molar-refractivity contribution in [2.75, 3.05) is 7.05 Å². The van der Waals surface area contributed by atoms with Crippen LogP contribution in [0.15, 0.2) is 12.7 Å². The molecule has 1 heterocycles. The molecule has 1 aliphatic rings. The highest BCUT2D eigenvalue weighted by molar-refractivity contribution is 4.82. The Morgan fingerprint density at radius 1 is 1.38 bits per heavy atom. The van der Waals surface area contributed by atoms with E-state index in [0.717, 1.165) is 6.42 Å². The summed E-state index contributed by atoms with van der Waals surface area (Å²) in [5, 5.41) is 3.41. The van der Waals surface area contributed by atoms with Gasteiger partial charge in [0, 0.05) is 6.04 Å². The first-order valence-electron chi connectivity index (χ1n) is 6.71. The first-order chi connectivity index (χ1) is 7.77. The molecule has 0 aromatic rings. The second-order valence-corrected chi connectivity index (χ2v) is 4.88. The third-order valence-electron chi connectivity index (χ3n) is 3.51. The highest BCUT2D eigenvalue weighted by Gasteiger charge is 2.27. The van der Waals surface area contributed by atoms with Crippen molar-refractivity contribution in [1.82, 2.24) is 5.32 Å². The Morgan fingerprint density at radius 3 is 2.75 bits per heavy atom. The van der Waals surface area contributed by atoms with Crippen molar-refractivity contribution in [3.8, 4) is 0 Å². The fourth-order valence-electron chi connectivity index (χ4n) is 2.48. The number of ether oxygens (including phenoxy) is 1. The minimum atomic E-state index is 0.444. The molecule has 1 aliphatic heterocycles. The molecule has 0 bridgehead atoms. The molecule has 1 fully saturated rings. The normalized spacial score (nSPS) is 26.9. The number of rotatable bonds is 8. The lowest BCUT2D eigenvalue weighted by Crippen LogP contribution is -2.37. The smallest absolute Gasteiger partial charge is 0.0732 e. The van der Waals surface area contributed by atoms with E-state index in [2.05, 4.69) is 25.9 Å². The first-order valence-corrected chi connectivity index (χ1v) is 6.71. The summed E-state index contributed by atoms with van der Waals surface area (Å²) in [7, 11) is 2.06. The van der Waals surface area contributed by atoms with Gasteiger partial charge in [-0.3, -0.25) is 0 Å². The molecule has 94 valence electrons.